The normalized spacial score (nSPS) is 11.7. The standard InChI is InChI=1S/C22H20N4O2S/c1-13(2)16-9-8-14(3)10-18(16)27-12-20-25-26-21(23-24-22(26)29-20)19-11-15-6-4-5-7-17(15)28-19/h4-11,13H,12H2,1-3H3. The molecular weight excluding hydrogens is 384 g/mol. The Labute approximate surface area is 171 Å². The van der Waals surface area contributed by atoms with Crippen LogP contribution in [0.4, 0.5) is 0 Å². The van der Waals surface area contributed by atoms with Crippen molar-refractivity contribution in [1.82, 2.24) is 19.8 Å². The summed E-state index contributed by atoms with van der Waals surface area (Å²) in [5.41, 5.74) is 3.19. The summed E-state index contributed by atoms with van der Waals surface area (Å²) in [6.07, 6.45) is 0. The van der Waals surface area contributed by atoms with Gasteiger partial charge in [-0.05, 0) is 42.2 Å². The lowest BCUT2D eigenvalue weighted by Crippen LogP contribution is -2.01. The summed E-state index contributed by atoms with van der Waals surface area (Å²) in [7, 11) is 0. The molecule has 0 saturated carbocycles. The minimum Gasteiger partial charge on any atom is -0.486 e. The average molecular weight is 404 g/mol. The molecule has 6 nitrogen and oxygen atoms in total. The third kappa shape index (κ3) is 3.27. The molecule has 5 aromatic rings. The average Bonchev–Trinajstić information content (AvgIpc) is 3.39. The second-order valence-electron chi connectivity index (χ2n) is 7.35. The van der Waals surface area contributed by atoms with E-state index in [0.717, 1.165) is 21.7 Å². The fraction of sp³-hybridized carbons (Fsp3) is 0.227. The Morgan fingerprint density at radius 1 is 1.10 bits per heavy atom. The van der Waals surface area contributed by atoms with Gasteiger partial charge >= 0.3 is 0 Å². The maximum atomic E-state index is 6.12. The number of furan rings is 1. The predicted octanol–water partition coefficient (Wildman–Crippen LogP) is 5.61. The Hall–Kier alpha value is -3.19. The van der Waals surface area contributed by atoms with Gasteiger partial charge in [0.25, 0.3) is 0 Å². The number of hydrogen-bond acceptors (Lipinski definition) is 6. The second kappa shape index (κ2) is 7.00. The summed E-state index contributed by atoms with van der Waals surface area (Å²) in [6.45, 7) is 6.79. The third-order valence-electron chi connectivity index (χ3n) is 4.82. The number of ether oxygens (including phenoxy) is 1. The topological polar surface area (TPSA) is 65.5 Å². The van der Waals surface area contributed by atoms with Gasteiger partial charge in [0.15, 0.2) is 10.8 Å². The number of rotatable bonds is 5. The summed E-state index contributed by atoms with van der Waals surface area (Å²) in [6, 6.07) is 16.2. The van der Waals surface area contributed by atoms with Crippen LogP contribution in [0.1, 0.15) is 35.9 Å². The van der Waals surface area contributed by atoms with Gasteiger partial charge in [-0.15, -0.1) is 10.2 Å². The SMILES string of the molecule is Cc1ccc(C(C)C)c(OCc2nn3c(-c4cc5ccccc5o4)nnc3s2)c1. The lowest BCUT2D eigenvalue weighted by molar-refractivity contribution is 0.299. The van der Waals surface area contributed by atoms with Crippen LogP contribution in [-0.2, 0) is 6.61 Å². The fourth-order valence-corrected chi connectivity index (χ4v) is 4.09. The molecule has 2 aromatic carbocycles. The van der Waals surface area contributed by atoms with Gasteiger partial charge in [0, 0.05) is 5.39 Å². The highest BCUT2D eigenvalue weighted by molar-refractivity contribution is 7.16. The Morgan fingerprint density at radius 2 is 1.97 bits per heavy atom. The number of fused-ring (bicyclic) bond motifs is 2. The van der Waals surface area contributed by atoms with Crippen LogP contribution in [0.5, 0.6) is 5.75 Å². The van der Waals surface area contributed by atoms with Gasteiger partial charge in [-0.25, -0.2) is 0 Å². The zero-order valence-corrected chi connectivity index (χ0v) is 17.2. The molecule has 29 heavy (non-hydrogen) atoms. The van der Waals surface area contributed by atoms with Crippen LogP contribution < -0.4 is 4.74 Å². The molecule has 5 rings (SSSR count). The van der Waals surface area contributed by atoms with Crippen molar-refractivity contribution >= 4 is 27.3 Å². The molecule has 0 N–H and O–H groups in total. The van der Waals surface area contributed by atoms with Gasteiger partial charge in [0.1, 0.15) is 17.9 Å². The molecule has 0 saturated heterocycles. The molecule has 3 aromatic heterocycles. The quantitative estimate of drug-likeness (QED) is 0.381. The van der Waals surface area contributed by atoms with E-state index in [1.165, 1.54) is 22.5 Å². The molecule has 146 valence electrons. The lowest BCUT2D eigenvalue weighted by atomic mass is 10.0. The van der Waals surface area contributed by atoms with Crippen molar-refractivity contribution in [1.29, 1.82) is 0 Å². The monoisotopic (exact) mass is 404 g/mol. The van der Waals surface area contributed by atoms with Crippen molar-refractivity contribution in [2.75, 3.05) is 0 Å². The molecule has 0 aliphatic carbocycles. The molecule has 0 amide bonds. The highest BCUT2D eigenvalue weighted by Gasteiger charge is 2.17. The van der Waals surface area contributed by atoms with Crippen molar-refractivity contribution in [2.45, 2.75) is 33.3 Å². The fourth-order valence-electron chi connectivity index (χ4n) is 3.34. The van der Waals surface area contributed by atoms with E-state index in [9.17, 15) is 0 Å². The van der Waals surface area contributed by atoms with Crippen molar-refractivity contribution in [3.8, 4) is 17.3 Å². The summed E-state index contributed by atoms with van der Waals surface area (Å²) in [5.74, 6) is 2.54. The van der Waals surface area contributed by atoms with E-state index < -0.39 is 0 Å². The number of hydrogen-bond donors (Lipinski definition) is 0. The first-order valence-corrected chi connectivity index (χ1v) is 10.3. The molecule has 7 heteroatoms. The number of benzene rings is 2. The number of para-hydroxylation sites is 1. The molecule has 0 bridgehead atoms. The van der Waals surface area contributed by atoms with Crippen LogP contribution in [0.25, 0.3) is 27.5 Å². The van der Waals surface area contributed by atoms with Crippen molar-refractivity contribution < 1.29 is 9.15 Å². The van der Waals surface area contributed by atoms with Gasteiger partial charge in [0.2, 0.25) is 10.8 Å². The zero-order chi connectivity index (χ0) is 20.0. The summed E-state index contributed by atoms with van der Waals surface area (Å²) < 4.78 is 13.8. The predicted molar refractivity (Wildman–Crippen MR) is 113 cm³/mol. The molecule has 0 spiro atoms. The summed E-state index contributed by atoms with van der Waals surface area (Å²) in [5, 5.41) is 15.0. The Bertz CT molecular complexity index is 1280. The van der Waals surface area contributed by atoms with E-state index in [0.29, 0.717) is 29.1 Å². The Kier molecular flexibility index (Phi) is 4.32. The Morgan fingerprint density at radius 3 is 2.79 bits per heavy atom. The van der Waals surface area contributed by atoms with Crippen LogP contribution in [0, 0.1) is 6.92 Å². The summed E-state index contributed by atoms with van der Waals surface area (Å²) in [4.78, 5) is 0.715. The third-order valence-corrected chi connectivity index (χ3v) is 5.69. The summed E-state index contributed by atoms with van der Waals surface area (Å²) >= 11 is 1.47. The van der Waals surface area contributed by atoms with Gasteiger partial charge < -0.3 is 9.15 Å². The van der Waals surface area contributed by atoms with E-state index in [4.69, 9.17) is 9.15 Å². The minimum absolute atomic E-state index is 0.386. The first kappa shape index (κ1) is 17.9. The number of nitrogens with zero attached hydrogens (tertiary/aromatic N) is 4. The van der Waals surface area contributed by atoms with Crippen molar-refractivity contribution in [2.24, 2.45) is 0 Å². The smallest absolute Gasteiger partial charge is 0.235 e. The van der Waals surface area contributed by atoms with Gasteiger partial charge in [-0.2, -0.15) is 9.61 Å². The van der Waals surface area contributed by atoms with Crippen molar-refractivity contribution in [3.63, 3.8) is 0 Å². The molecule has 3 heterocycles. The maximum absolute atomic E-state index is 6.12. The minimum atomic E-state index is 0.386. The molecule has 0 radical (unpaired) electrons. The van der Waals surface area contributed by atoms with E-state index in [1.54, 1.807) is 4.52 Å². The molecule has 0 fully saturated rings. The van der Waals surface area contributed by atoms with Gasteiger partial charge in [0.05, 0.1) is 0 Å². The van der Waals surface area contributed by atoms with E-state index in [2.05, 4.69) is 54.3 Å². The van der Waals surface area contributed by atoms with E-state index in [1.807, 2.05) is 30.3 Å². The molecule has 0 unspecified atom stereocenters. The van der Waals surface area contributed by atoms with Gasteiger partial charge in [-0.1, -0.05) is 55.5 Å². The zero-order valence-electron chi connectivity index (χ0n) is 16.4. The second-order valence-corrected chi connectivity index (χ2v) is 8.39. The first-order valence-electron chi connectivity index (χ1n) is 9.52. The van der Waals surface area contributed by atoms with Crippen LogP contribution >= 0.6 is 11.3 Å². The van der Waals surface area contributed by atoms with Gasteiger partial charge in [-0.3, -0.25) is 0 Å². The Balaban J connectivity index is 1.44. The molecular formula is C22H20N4O2S. The molecule has 0 aliphatic heterocycles. The number of aromatic nitrogens is 4. The van der Waals surface area contributed by atoms with Crippen molar-refractivity contribution in [3.05, 3.63) is 64.7 Å². The van der Waals surface area contributed by atoms with Crippen LogP contribution in [0.15, 0.2) is 52.9 Å². The van der Waals surface area contributed by atoms with Crippen LogP contribution in [-0.4, -0.2) is 19.8 Å². The molecule has 0 aliphatic rings. The number of aryl methyl sites for hydroxylation is 1. The first-order chi connectivity index (χ1) is 14.1. The lowest BCUT2D eigenvalue weighted by Gasteiger charge is -2.14. The van der Waals surface area contributed by atoms with Crippen LogP contribution in [0.3, 0.4) is 0 Å². The van der Waals surface area contributed by atoms with E-state index in [-0.39, 0.29) is 0 Å². The largest absolute Gasteiger partial charge is 0.486 e. The van der Waals surface area contributed by atoms with E-state index >= 15 is 0 Å². The highest BCUT2D eigenvalue weighted by Crippen LogP contribution is 2.30. The molecule has 0 atom stereocenters. The maximum Gasteiger partial charge on any atom is 0.235 e. The van der Waals surface area contributed by atoms with Crippen LogP contribution in [0.2, 0.25) is 0 Å². The highest BCUT2D eigenvalue weighted by atomic mass is 32.1.